The van der Waals surface area contributed by atoms with Crippen molar-refractivity contribution in [2.45, 2.75) is 19.8 Å². The minimum atomic E-state index is -0.708. The molecule has 3 rings (SSSR count). The molecule has 1 N–H and O–H groups in total. The van der Waals surface area contributed by atoms with Crippen LogP contribution in [-0.2, 0) is 19.1 Å². The zero-order chi connectivity index (χ0) is 23.3. The number of imide groups is 1. The fourth-order valence-electron chi connectivity index (χ4n) is 2.97. The van der Waals surface area contributed by atoms with E-state index in [1.807, 2.05) is 6.92 Å². The van der Waals surface area contributed by atoms with Gasteiger partial charge in [-0.2, -0.15) is 0 Å². The van der Waals surface area contributed by atoms with Gasteiger partial charge in [0.2, 0.25) is 0 Å². The van der Waals surface area contributed by atoms with E-state index in [0.29, 0.717) is 17.9 Å². The number of nitrogens with zero attached hydrogens (tertiary/aromatic N) is 1. The number of anilines is 2. The van der Waals surface area contributed by atoms with E-state index in [1.165, 1.54) is 37.4 Å². The molecule has 1 aliphatic heterocycles. The zero-order valence-electron chi connectivity index (χ0n) is 17.5. The van der Waals surface area contributed by atoms with Crippen molar-refractivity contribution in [2.24, 2.45) is 0 Å². The summed E-state index contributed by atoms with van der Waals surface area (Å²) in [6.07, 6.45) is 1.67. The van der Waals surface area contributed by atoms with Crippen molar-refractivity contribution in [3.8, 4) is 0 Å². The third-order valence-corrected chi connectivity index (χ3v) is 5.02. The van der Waals surface area contributed by atoms with Gasteiger partial charge in [0.1, 0.15) is 10.7 Å². The van der Waals surface area contributed by atoms with Crippen molar-refractivity contribution in [2.75, 3.05) is 23.9 Å². The summed E-state index contributed by atoms with van der Waals surface area (Å²) in [5, 5.41) is 2.54. The van der Waals surface area contributed by atoms with Crippen LogP contribution in [0.5, 0.6) is 0 Å². The van der Waals surface area contributed by atoms with Crippen LogP contribution in [0.2, 0.25) is 0 Å². The van der Waals surface area contributed by atoms with Gasteiger partial charge in [-0.3, -0.25) is 9.59 Å². The van der Waals surface area contributed by atoms with Crippen LogP contribution in [0.25, 0.3) is 0 Å². The second-order valence-corrected chi connectivity index (χ2v) is 7.25. The second kappa shape index (κ2) is 10.1. The largest absolute Gasteiger partial charge is 0.465 e. The first-order chi connectivity index (χ1) is 15.4. The fourth-order valence-corrected chi connectivity index (χ4v) is 3.18. The Hall–Kier alpha value is -3.65. The molecule has 0 unspecified atom stereocenters. The number of benzene rings is 2. The minimum Gasteiger partial charge on any atom is -0.465 e. The predicted molar refractivity (Wildman–Crippen MR) is 118 cm³/mol. The number of nitrogens with one attached hydrogen (secondary N) is 1. The van der Waals surface area contributed by atoms with Crippen molar-refractivity contribution in [1.82, 2.24) is 0 Å². The molecule has 0 saturated carbocycles. The molecule has 0 radical (unpaired) electrons. The molecule has 0 bridgehead atoms. The van der Waals surface area contributed by atoms with Crippen molar-refractivity contribution in [1.29, 1.82) is 0 Å². The van der Waals surface area contributed by atoms with Gasteiger partial charge in [0.25, 0.3) is 11.8 Å². The van der Waals surface area contributed by atoms with Crippen molar-refractivity contribution >= 4 is 46.7 Å². The molecular formula is C23H21ClN2O6. The number of carbonyl (C=O) groups excluding carboxylic acids is 4. The SMILES string of the molecule is CCCCOC(=O)c1cccc(NC2=C(Cl)C(=O)N(c3ccc(C(=O)OC)cc3)C2=O)c1. The maximum Gasteiger partial charge on any atom is 0.338 e. The van der Waals surface area contributed by atoms with Crippen LogP contribution in [0, 0.1) is 0 Å². The van der Waals surface area contributed by atoms with E-state index < -0.39 is 23.8 Å². The van der Waals surface area contributed by atoms with E-state index in [-0.39, 0.29) is 22.0 Å². The molecular weight excluding hydrogens is 436 g/mol. The number of ether oxygens (including phenoxy) is 2. The first kappa shape index (κ1) is 23.0. The highest BCUT2D eigenvalue weighted by molar-refractivity contribution is 6.53. The Labute approximate surface area is 189 Å². The van der Waals surface area contributed by atoms with Gasteiger partial charge in [-0.05, 0) is 48.9 Å². The summed E-state index contributed by atoms with van der Waals surface area (Å²) < 4.78 is 9.83. The zero-order valence-corrected chi connectivity index (χ0v) is 18.3. The molecule has 8 nitrogen and oxygen atoms in total. The average molecular weight is 457 g/mol. The van der Waals surface area contributed by atoms with Gasteiger partial charge in [0.15, 0.2) is 0 Å². The third-order valence-electron chi connectivity index (χ3n) is 4.67. The van der Waals surface area contributed by atoms with Gasteiger partial charge in [-0.1, -0.05) is 31.0 Å². The summed E-state index contributed by atoms with van der Waals surface area (Å²) in [6, 6.07) is 12.1. The van der Waals surface area contributed by atoms with Crippen LogP contribution >= 0.6 is 11.6 Å². The number of halogens is 1. The van der Waals surface area contributed by atoms with Crippen molar-refractivity contribution < 1.29 is 28.7 Å². The Morgan fingerprint density at radius 1 is 1.00 bits per heavy atom. The van der Waals surface area contributed by atoms with E-state index in [4.69, 9.17) is 16.3 Å². The Morgan fingerprint density at radius 2 is 1.72 bits per heavy atom. The van der Waals surface area contributed by atoms with E-state index in [0.717, 1.165) is 17.7 Å². The van der Waals surface area contributed by atoms with E-state index in [2.05, 4.69) is 10.1 Å². The number of esters is 2. The lowest BCUT2D eigenvalue weighted by molar-refractivity contribution is -0.120. The van der Waals surface area contributed by atoms with Crippen molar-refractivity contribution in [3.05, 3.63) is 70.4 Å². The Kier molecular flexibility index (Phi) is 7.27. The summed E-state index contributed by atoms with van der Waals surface area (Å²) in [5.41, 5.74) is 1.10. The van der Waals surface area contributed by atoms with Gasteiger partial charge in [-0.25, -0.2) is 14.5 Å². The summed E-state index contributed by atoms with van der Waals surface area (Å²) in [6.45, 7) is 2.31. The molecule has 0 fully saturated rings. The molecule has 0 spiro atoms. The van der Waals surface area contributed by atoms with Crippen LogP contribution in [0.3, 0.4) is 0 Å². The van der Waals surface area contributed by atoms with Gasteiger partial charge in [0, 0.05) is 5.69 Å². The van der Waals surface area contributed by atoms with Gasteiger partial charge in [-0.15, -0.1) is 0 Å². The molecule has 1 aliphatic rings. The van der Waals surface area contributed by atoms with Crippen LogP contribution in [0.15, 0.2) is 59.3 Å². The number of hydrogen-bond acceptors (Lipinski definition) is 7. The number of methoxy groups -OCH3 is 1. The molecule has 166 valence electrons. The van der Waals surface area contributed by atoms with Gasteiger partial charge >= 0.3 is 11.9 Å². The highest BCUT2D eigenvalue weighted by Crippen LogP contribution is 2.30. The number of unbranched alkanes of at least 4 members (excludes halogenated alkanes) is 1. The fraction of sp³-hybridized carbons (Fsp3) is 0.217. The molecule has 2 aromatic carbocycles. The Balaban J connectivity index is 1.77. The average Bonchev–Trinajstić information content (AvgIpc) is 3.02. The molecule has 0 aliphatic carbocycles. The van der Waals surface area contributed by atoms with Crippen LogP contribution in [0.1, 0.15) is 40.5 Å². The lowest BCUT2D eigenvalue weighted by Gasteiger charge is -2.15. The third kappa shape index (κ3) is 4.81. The maximum absolute atomic E-state index is 12.9. The maximum atomic E-state index is 12.9. The number of rotatable bonds is 8. The first-order valence-electron chi connectivity index (χ1n) is 9.88. The van der Waals surface area contributed by atoms with Gasteiger partial charge < -0.3 is 14.8 Å². The van der Waals surface area contributed by atoms with Crippen LogP contribution in [0.4, 0.5) is 11.4 Å². The summed E-state index contributed by atoms with van der Waals surface area (Å²) in [5.74, 6) is -2.40. The Morgan fingerprint density at radius 3 is 2.38 bits per heavy atom. The lowest BCUT2D eigenvalue weighted by atomic mass is 10.2. The molecule has 32 heavy (non-hydrogen) atoms. The smallest absolute Gasteiger partial charge is 0.338 e. The van der Waals surface area contributed by atoms with E-state index in [9.17, 15) is 19.2 Å². The highest BCUT2D eigenvalue weighted by Gasteiger charge is 2.39. The van der Waals surface area contributed by atoms with Crippen LogP contribution < -0.4 is 10.2 Å². The lowest BCUT2D eigenvalue weighted by Crippen LogP contribution is -2.32. The normalized spacial score (nSPS) is 13.4. The molecule has 2 amide bonds. The monoisotopic (exact) mass is 456 g/mol. The summed E-state index contributed by atoms with van der Waals surface area (Å²) in [4.78, 5) is 50.2. The quantitative estimate of drug-likeness (QED) is 0.365. The van der Waals surface area contributed by atoms with Crippen LogP contribution in [-0.4, -0.2) is 37.5 Å². The second-order valence-electron chi connectivity index (χ2n) is 6.87. The topological polar surface area (TPSA) is 102 Å². The molecule has 0 atom stereocenters. The summed E-state index contributed by atoms with van der Waals surface area (Å²) >= 11 is 6.15. The van der Waals surface area contributed by atoms with E-state index >= 15 is 0 Å². The Bertz CT molecular complexity index is 1090. The summed E-state index contributed by atoms with van der Waals surface area (Å²) in [7, 11) is 1.26. The standard InChI is InChI=1S/C23H21ClN2O6/c1-3-4-12-32-23(30)15-6-5-7-16(13-15)25-19-18(24)20(27)26(21(19)28)17-10-8-14(9-11-17)22(29)31-2/h5-11,13,25H,3-4,12H2,1-2H3. The molecule has 0 saturated heterocycles. The predicted octanol–water partition coefficient (Wildman–Crippen LogP) is 3.87. The molecule has 1 heterocycles. The highest BCUT2D eigenvalue weighted by atomic mass is 35.5. The van der Waals surface area contributed by atoms with E-state index in [1.54, 1.807) is 18.2 Å². The number of amides is 2. The number of carbonyl (C=O) groups is 4. The van der Waals surface area contributed by atoms with Crippen molar-refractivity contribution in [3.63, 3.8) is 0 Å². The number of hydrogen-bond donors (Lipinski definition) is 1. The minimum absolute atomic E-state index is 0.120. The molecule has 9 heteroatoms. The van der Waals surface area contributed by atoms with Gasteiger partial charge in [0.05, 0.1) is 30.5 Å². The first-order valence-corrected chi connectivity index (χ1v) is 10.3. The molecule has 2 aromatic rings. The molecule has 0 aromatic heterocycles.